The largest absolute Gasteiger partial charge is 0.465 e. The topological polar surface area (TPSA) is 84.2 Å². The van der Waals surface area contributed by atoms with Crippen LogP contribution in [0, 0.1) is 13.8 Å². The Kier molecular flexibility index (Phi) is 6.87. The number of benzene rings is 1. The molecule has 0 aliphatic heterocycles. The second-order valence-corrected chi connectivity index (χ2v) is 8.33. The zero-order valence-electron chi connectivity index (χ0n) is 16.5. The third-order valence-electron chi connectivity index (χ3n) is 4.40. The molecule has 3 rings (SSSR count). The molecule has 0 radical (unpaired) electrons. The molecular weight excluding hydrogens is 454 g/mol. The van der Waals surface area contributed by atoms with E-state index in [9.17, 15) is 9.59 Å². The van der Waals surface area contributed by atoms with Crippen LogP contribution in [0.15, 0.2) is 38.5 Å². The van der Waals surface area contributed by atoms with Crippen LogP contribution in [0.1, 0.15) is 40.8 Å². The molecule has 0 unspecified atom stereocenters. The molecule has 0 atom stereocenters. The van der Waals surface area contributed by atoms with E-state index in [1.807, 2.05) is 17.5 Å². The van der Waals surface area contributed by atoms with Crippen LogP contribution >= 0.6 is 27.3 Å². The van der Waals surface area contributed by atoms with E-state index in [0.29, 0.717) is 33.2 Å². The minimum absolute atomic E-state index is 0.00259. The number of nitrogens with zero attached hydrogens (tertiary/aromatic N) is 1. The Bertz CT molecular complexity index is 1020. The second kappa shape index (κ2) is 9.37. The Morgan fingerprint density at radius 3 is 2.52 bits per heavy atom. The molecular formula is C21H22BrN3O3S. The van der Waals surface area contributed by atoms with E-state index in [2.05, 4.69) is 43.7 Å². The van der Waals surface area contributed by atoms with E-state index in [4.69, 9.17) is 4.42 Å². The third kappa shape index (κ3) is 5.33. The van der Waals surface area contributed by atoms with Gasteiger partial charge in [0.05, 0.1) is 15.7 Å². The van der Waals surface area contributed by atoms with Gasteiger partial charge in [0, 0.05) is 24.4 Å². The lowest BCUT2D eigenvalue weighted by molar-refractivity contribution is -0.118. The monoisotopic (exact) mass is 475 g/mol. The number of hydrogen-bond donors (Lipinski definition) is 2. The van der Waals surface area contributed by atoms with Gasteiger partial charge >= 0.3 is 0 Å². The van der Waals surface area contributed by atoms with Gasteiger partial charge in [-0.3, -0.25) is 14.9 Å². The summed E-state index contributed by atoms with van der Waals surface area (Å²) in [6, 6.07) is 8.17. The van der Waals surface area contributed by atoms with Gasteiger partial charge in [0.1, 0.15) is 11.5 Å². The maximum atomic E-state index is 12.6. The van der Waals surface area contributed by atoms with Gasteiger partial charge in [0.15, 0.2) is 5.13 Å². The van der Waals surface area contributed by atoms with Crippen molar-refractivity contribution in [2.75, 3.05) is 11.9 Å². The van der Waals surface area contributed by atoms with Crippen LogP contribution in [-0.2, 0) is 11.2 Å². The first-order valence-electron chi connectivity index (χ1n) is 9.21. The van der Waals surface area contributed by atoms with Crippen molar-refractivity contribution in [3.05, 3.63) is 56.8 Å². The van der Waals surface area contributed by atoms with Gasteiger partial charge in [-0.25, -0.2) is 4.98 Å². The van der Waals surface area contributed by atoms with Gasteiger partial charge in [0.2, 0.25) is 5.91 Å². The van der Waals surface area contributed by atoms with Crippen molar-refractivity contribution in [1.82, 2.24) is 10.3 Å². The Hall–Kier alpha value is -2.45. The first kappa shape index (κ1) is 21.3. The van der Waals surface area contributed by atoms with Gasteiger partial charge in [0.25, 0.3) is 5.91 Å². The molecule has 0 saturated carbocycles. The third-order valence-corrected chi connectivity index (χ3v) is 6.12. The first-order valence-corrected chi connectivity index (χ1v) is 10.9. The lowest BCUT2D eigenvalue weighted by atomic mass is 10.1. The quantitative estimate of drug-likeness (QED) is 0.465. The number of carbonyl (C=O) groups is 2. The molecule has 3 aromatic rings. The Morgan fingerprint density at radius 1 is 1.17 bits per heavy atom. The molecule has 29 heavy (non-hydrogen) atoms. The minimum atomic E-state index is -0.248. The van der Waals surface area contributed by atoms with Gasteiger partial charge in [-0.05, 0) is 48.2 Å². The number of hydrogen-bond acceptors (Lipinski definition) is 5. The first-order chi connectivity index (χ1) is 13.8. The predicted molar refractivity (Wildman–Crippen MR) is 118 cm³/mol. The number of aryl methyl sites for hydroxylation is 3. The standard InChI is InChI=1S/C21H22BrN3O3S/c1-12-18(19(22)13(2)28-12)20(27)25-21-24-17(11-29-21)16-8-6-15(7-9-16)5-4-10-23-14(3)26/h6-9,11H,4-5,10H2,1-3H3,(H,23,26)(H,24,25,27). The number of thiazole rings is 1. The van der Waals surface area contributed by atoms with E-state index in [1.54, 1.807) is 13.8 Å². The second-order valence-electron chi connectivity index (χ2n) is 6.68. The Balaban J connectivity index is 1.62. The molecule has 2 N–H and O–H groups in total. The lowest BCUT2D eigenvalue weighted by Crippen LogP contribution is -2.21. The van der Waals surface area contributed by atoms with E-state index < -0.39 is 0 Å². The minimum Gasteiger partial charge on any atom is -0.465 e. The van der Waals surface area contributed by atoms with Gasteiger partial charge in [-0.1, -0.05) is 24.3 Å². The van der Waals surface area contributed by atoms with Gasteiger partial charge in [-0.15, -0.1) is 11.3 Å². The fourth-order valence-corrected chi connectivity index (χ4v) is 4.19. The number of halogens is 1. The molecule has 2 amide bonds. The van der Waals surface area contributed by atoms with Crippen LogP contribution in [-0.4, -0.2) is 23.3 Å². The summed E-state index contributed by atoms with van der Waals surface area (Å²) < 4.78 is 6.16. The van der Waals surface area contributed by atoms with Gasteiger partial charge in [-0.2, -0.15) is 0 Å². The number of amides is 2. The summed E-state index contributed by atoms with van der Waals surface area (Å²) in [5.41, 5.74) is 3.50. The van der Waals surface area contributed by atoms with Crippen molar-refractivity contribution in [2.24, 2.45) is 0 Å². The van der Waals surface area contributed by atoms with Crippen LogP contribution in [0.3, 0.4) is 0 Å². The summed E-state index contributed by atoms with van der Waals surface area (Å²) in [5.74, 6) is 0.987. The average molecular weight is 476 g/mol. The number of carbonyl (C=O) groups excluding carboxylic acids is 2. The summed E-state index contributed by atoms with van der Waals surface area (Å²) in [7, 11) is 0. The zero-order valence-corrected chi connectivity index (χ0v) is 18.9. The molecule has 152 valence electrons. The number of furan rings is 1. The summed E-state index contributed by atoms with van der Waals surface area (Å²) >= 11 is 4.78. The SMILES string of the molecule is CC(=O)NCCCc1ccc(-c2csc(NC(=O)c3c(C)oc(C)c3Br)n2)cc1. The molecule has 2 heterocycles. The molecule has 6 nitrogen and oxygen atoms in total. The average Bonchev–Trinajstić information content (AvgIpc) is 3.23. The summed E-state index contributed by atoms with van der Waals surface area (Å²) in [4.78, 5) is 28.0. The van der Waals surface area contributed by atoms with Crippen LogP contribution in [0.5, 0.6) is 0 Å². The number of nitrogens with one attached hydrogen (secondary N) is 2. The van der Waals surface area contributed by atoms with Crippen LogP contribution in [0.2, 0.25) is 0 Å². The normalized spacial score (nSPS) is 10.8. The molecule has 1 aromatic carbocycles. The zero-order chi connectivity index (χ0) is 21.0. The Labute approximate surface area is 181 Å². The Morgan fingerprint density at radius 2 is 1.90 bits per heavy atom. The van der Waals surface area contributed by atoms with E-state index in [-0.39, 0.29) is 11.8 Å². The highest BCUT2D eigenvalue weighted by molar-refractivity contribution is 9.10. The van der Waals surface area contributed by atoms with Crippen molar-refractivity contribution < 1.29 is 14.0 Å². The molecule has 8 heteroatoms. The van der Waals surface area contributed by atoms with Crippen molar-refractivity contribution in [3.8, 4) is 11.3 Å². The molecule has 0 spiro atoms. The van der Waals surface area contributed by atoms with E-state index in [0.717, 1.165) is 24.1 Å². The number of rotatable bonds is 7. The maximum Gasteiger partial charge on any atom is 0.262 e. The van der Waals surface area contributed by atoms with E-state index >= 15 is 0 Å². The molecule has 0 aliphatic rings. The van der Waals surface area contributed by atoms with Gasteiger partial charge < -0.3 is 9.73 Å². The molecule has 0 fully saturated rings. The smallest absolute Gasteiger partial charge is 0.262 e. The summed E-state index contributed by atoms with van der Waals surface area (Å²) in [5, 5.41) is 8.10. The number of anilines is 1. The fourth-order valence-electron chi connectivity index (χ4n) is 2.94. The summed E-state index contributed by atoms with van der Waals surface area (Å²) in [6.45, 7) is 5.77. The van der Waals surface area contributed by atoms with E-state index in [1.165, 1.54) is 23.8 Å². The molecule has 0 aliphatic carbocycles. The highest BCUT2D eigenvalue weighted by Crippen LogP contribution is 2.30. The number of aromatic nitrogens is 1. The van der Waals surface area contributed by atoms with Crippen molar-refractivity contribution in [3.63, 3.8) is 0 Å². The summed E-state index contributed by atoms with van der Waals surface area (Å²) in [6.07, 6.45) is 1.80. The molecule has 0 saturated heterocycles. The van der Waals surface area contributed by atoms with Crippen LogP contribution < -0.4 is 10.6 Å². The van der Waals surface area contributed by atoms with Crippen molar-refractivity contribution >= 4 is 44.2 Å². The van der Waals surface area contributed by atoms with Crippen molar-refractivity contribution in [1.29, 1.82) is 0 Å². The predicted octanol–water partition coefficient (Wildman–Crippen LogP) is 5.10. The van der Waals surface area contributed by atoms with Crippen molar-refractivity contribution in [2.45, 2.75) is 33.6 Å². The molecule has 0 bridgehead atoms. The highest BCUT2D eigenvalue weighted by atomic mass is 79.9. The fraction of sp³-hybridized carbons (Fsp3) is 0.286. The van der Waals surface area contributed by atoms with Crippen LogP contribution in [0.25, 0.3) is 11.3 Å². The highest BCUT2D eigenvalue weighted by Gasteiger charge is 2.20. The maximum absolute atomic E-state index is 12.6. The lowest BCUT2D eigenvalue weighted by Gasteiger charge is -2.04. The van der Waals surface area contributed by atoms with Crippen LogP contribution in [0.4, 0.5) is 5.13 Å². The molecule has 2 aromatic heterocycles.